The third-order valence-corrected chi connectivity index (χ3v) is 1.90. The Balaban J connectivity index is 2.43. The molecule has 2 nitrogen and oxygen atoms in total. The molecule has 0 saturated carbocycles. The molecule has 0 aliphatic carbocycles. The number of allylic oxidation sites excluding steroid dienone is 1. The van der Waals surface area contributed by atoms with E-state index in [-0.39, 0.29) is 0 Å². The summed E-state index contributed by atoms with van der Waals surface area (Å²) in [6.07, 6.45) is 4.26. The maximum Gasteiger partial charge on any atom is 0.330 e. The average Bonchev–Trinajstić information content (AvgIpc) is 2.19. The van der Waals surface area contributed by atoms with Gasteiger partial charge in [0, 0.05) is 5.57 Å². The predicted octanol–water partition coefficient (Wildman–Crippen LogP) is 2.46. The summed E-state index contributed by atoms with van der Waals surface area (Å²) in [5, 5.41) is 8.59. The normalized spacial score (nSPS) is 11.4. The summed E-state index contributed by atoms with van der Waals surface area (Å²) in [6, 6.07) is 9.93. The van der Waals surface area contributed by atoms with Crippen LogP contribution in [0, 0.1) is 6.42 Å². The largest absolute Gasteiger partial charge is 0.478 e. The van der Waals surface area contributed by atoms with Gasteiger partial charge in [0.15, 0.2) is 0 Å². The fourth-order valence-electron chi connectivity index (χ4n) is 1.06. The lowest BCUT2D eigenvalue weighted by atomic mass is 10.1. The number of rotatable bonds is 4. The molecule has 0 aliphatic heterocycles. The molecule has 1 N–H and O–H groups in total. The van der Waals surface area contributed by atoms with E-state index in [9.17, 15) is 4.79 Å². The van der Waals surface area contributed by atoms with Gasteiger partial charge in [0.05, 0.1) is 0 Å². The predicted molar refractivity (Wildman–Crippen MR) is 55.8 cm³/mol. The zero-order valence-electron chi connectivity index (χ0n) is 8.10. The molecule has 0 aromatic heterocycles. The van der Waals surface area contributed by atoms with Crippen molar-refractivity contribution >= 4 is 5.97 Å². The van der Waals surface area contributed by atoms with Crippen molar-refractivity contribution in [3.63, 3.8) is 0 Å². The van der Waals surface area contributed by atoms with Crippen LogP contribution in [-0.2, 0) is 11.2 Å². The lowest BCUT2D eigenvalue weighted by Crippen LogP contribution is -1.96. The molecular formula is C12H13O2. The van der Waals surface area contributed by atoms with E-state index in [2.05, 4.69) is 0 Å². The smallest absolute Gasteiger partial charge is 0.330 e. The van der Waals surface area contributed by atoms with E-state index in [0.717, 1.165) is 6.42 Å². The highest BCUT2D eigenvalue weighted by Gasteiger charge is 1.98. The average molecular weight is 189 g/mol. The minimum absolute atomic E-state index is 0.362. The van der Waals surface area contributed by atoms with Gasteiger partial charge < -0.3 is 5.11 Å². The zero-order chi connectivity index (χ0) is 10.4. The Kier molecular flexibility index (Phi) is 3.92. The fourth-order valence-corrected chi connectivity index (χ4v) is 1.06. The maximum atomic E-state index is 10.5. The summed E-state index contributed by atoms with van der Waals surface area (Å²) in [5.74, 6) is -0.866. The van der Waals surface area contributed by atoms with Gasteiger partial charge in [-0.15, -0.1) is 0 Å². The highest BCUT2D eigenvalue weighted by molar-refractivity contribution is 5.86. The molecule has 0 bridgehead atoms. The third-order valence-electron chi connectivity index (χ3n) is 1.90. The van der Waals surface area contributed by atoms with Gasteiger partial charge in [-0.1, -0.05) is 36.4 Å². The Morgan fingerprint density at radius 3 is 2.57 bits per heavy atom. The van der Waals surface area contributed by atoms with Gasteiger partial charge in [0.1, 0.15) is 0 Å². The van der Waals surface area contributed by atoms with Gasteiger partial charge in [0.25, 0.3) is 0 Å². The van der Waals surface area contributed by atoms with Gasteiger partial charge in [-0.05, 0) is 25.3 Å². The van der Waals surface area contributed by atoms with E-state index in [1.165, 1.54) is 5.56 Å². The van der Waals surface area contributed by atoms with E-state index in [0.29, 0.717) is 5.57 Å². The minimum Gasteiger partial charge on any atom is -0.478 e. The number of carboxylic acid groups (broad SMARTS) is 1. The first-order valence-electron chi connectivity index (χ1n) is 4.47. The Morgan fingerprint density at radius 2 is 2.00 bits per heavy atom. The van der Waals surface area contributed by atoms with Gasteiger partial charge >= 0.3 is 5.97 Å². The van der Waals surface area contributed by atoms with Gasteiger partial charge in [-0.3, -0.25) is 0 Å². The molecule has 0 heterocycles. The van der Waals surface area contributed by atoms with Crippen LogP contribution in [-0.4, -0.2) is 11.1 Å². The second kappa shape index (κ2) is 5.22. The molecule has 0 unspecified atom stereocenters. The van der Waals surface area contributed by atoms with Crippen molar-refractivity contribution < 1.29 is 9.90 Å². The maximum absolute atomic E-state index is 10.5. The van der Waals surface area contributed by atoms with Crippen LogP contribution in [0.5, 0.6) is 0 Å². The van der Waals surface area contributed by atoms with Gasteiger partial charge in [0.2, 0.25) is 0 Å². The quantitative estimate of drug-likeness (QED) is 0.739. The summed E-state index contributed by atoms with van der Waals surface area (Å²) < 4.78 is 0. The first-order valence-corrected chi connectivity index (χ1v) is 4.47. The number of aliphatic carboxylic acids is 1. The second-order valence-electron chi connectivity index (χ2n) is 3.08. The topological polar surface area (TPSA) is 37.3 Å². The van der Waals surface area contributed by atoms with E-state index in [4.69, 9.17) is 5.11 Å². The Bertz CT molecular complexity index is 325. The highest BCUT2D eigenvalue weighted by atomic mass is 16.4. The molecule has 73 valence electrons. The molecule has 0 atom stereocenters. The van der Waals surface area contributed by atoms with E-state index < -0.39 is 5.97 Å². The van der Waals surface area contributed by atoms with Crippen molar-refractivity contribution in [2.75, 3.05) is 0 Å². The third kappa shape index (κ3) is 3.44. The SMILES string of the molecule is CC(=C[CH]Cc1ccccc1)C(=O)O. The van der Waals surface area contributed by atoms with Crippen molar-refractivity contribution in [2.24, 2.45) is 0 Å². The van der Waals surface area contributed by atoms with Crippen molar-refractivity contribution in [1.82, 2.24) is 0 Å². The van der Waals surface area contributed by atoms with Crippen LogP contribution in [0.2, 0.25) is 0 Å². The van der Waals surface area contributed by atoms with Crippen LogP contribution in [0.4, 0.5) is 0 Å². The van der Waals surface area contributed by atoms with E-state index in [1.807, 2.05) is 36.8 Å². The van der Waals surface area contributed by atoms with Crippen molar-refractivity contribution in [3.8, 4) is 0 Å². The zero-order valence-corrected chi connectivity index (χ0v) is 8.10. The van der Waals surface area contributed by atoms with Gasteiger partial charge in [-0.25, -0.2) is 4.79 Å². The number of carboxylic acids is 1. The number of hydrogen-bond acceptors (Lipinski definition) is 1. The monoisotopic (exact) mass is 189 g/mol. The summed E-state index contributed by atoms with van der Waals surface area (Å²) in [6.45, 7) is 1.59. The standard InChI is InChI=1S/C12H13O2/c1-10(12(13)14)6-5-9-11-7-3-2-4-8-11/h2-8H,9H2,1H3,(H,13,14). The Labute approximate surface area is 83.9 Å². The molecule has 0 aliphatic rings. The molecule has 0 spiro atoms. The highest BCUT2D eigenvalue weighted by Crippen LogP contribution is 2.03. The summed E-state index contributed by atoms with van der Waals surface area (Å²) in [5.41, 5.74) is 1.54. The number of hydrogen-bond donors (Lipinski definition) is 1. The van der Waals surface area contributed by atoms with Crippen molar-refractivity contribution in [2.45, 2.75) is 13.3 Å². The number of carbonyl (C=O) groups is 1. The van der Waals surface area contributed by atoms with Crippen LogP contribution in [0.1, 0.15) is 12.5 Å². The number of benzene rings is 1. The summed E-state index contributed by atoms with van der Waals surface area (Å²) in [7, 11) is 0. The Morgan fingerprint density at radius 1 is 1.36 bits per heavy atom. The van der Waals surface area contributed by atoms with Crippen LogP contribution >= 0.6 is 0 Å². The first kappa shape index (κ1) is 10.5. The molecule has 1 rings (SSSR count). The molecule has 1 radical (unpaired) electrons. The van der Waals surface area contributed by atoms with E-state index in [1.54, 1.807) is 13.0 Å². The van der Waals surface area contributed by atoms with Crippen molar-refractivity contribution in [1.29, 1.82) is 0 Å². The van der Waals surface area contributed by atoms with Crippen molar-refractivity contribution in [3.05, 3.63) is 54.0 Å². The van der Waals surface area contributed by atoms with Crippen LogP contribution in [0.15, 0.2) is 42.0 Å². The fraction of sp³-hybridized carbons (Fsp3) is 0.167. The van der Waals surface area contributed by atoms with Gasteiger partial charge in [-0.2, -0.15) is 0 Å². The minimum atomic E-state index is -0.866. The van der Waals surface area contributed by atoms with Crippen LogP contribution in [0.3, 0.4) is 0 Å². The molecule has 0 saturated heterocycles. The Hall–Kier alpha value is -1.57. The molecule has 1 aromatic carbocycles. The van der Waals surface area contributed by atoms with Crippen LogP contribution in [0.25, 0.3) is 0 Å². The lowest BCUT2D eigenvalue weighted by molar-refractivity contribution is -0.132. The first-order chi connectivity index (χ1) is 6.70. The lowest BCUT2D eigenvalue weighted by Gasteiger charge is -1.97. The summed E-state index contributed by atoms with van der Waals surface area (Å²) in [4.78, 5) is 10.5. The molecule has 0 fully saturated rings. The summed E-state index contributed by atoms with van der Waals surface area (Å²) >= 11 is 0. The molecule has 14 heavy (non-hydrogen) atoms. The molecule has 2 heteroatoms. The van der Waals surface area contributed by atoms with E-state index >= 15 is 0 Å². The van der Waals surface area contributed by atoms with Crippen LogP contribution < -0.4 is 0 Å². The molecular weight excluding hydrogens is 176 g/mol. The molecule has 1 aromatic rings. The second-order valence-corrected chi connectivity index (χ2v) is 3.08. The molecule has 0 amide bonds.